The van der Waals surface area contributed by atoms with Crippen molar-refractivity contribution in [2.75, 3.05) is 38.0 Å². The molecular weight excluding hydrogens is 392 g/mol. The Morgan fingerprint density at radius 2 is 0.677 bits per heavy atom. The lowest BCUT2D eigenvalue weighted by molar-refractivity contribution is 1.13. The van der Waals surface area contributed by atoms with Crippen molar-refractivity contribution in [1.82, 2.24) is 0 Å². The van der Waals surface area contributed by atoms with Gasteiger partial charge in [0.1, 0.15) is 0 Å². The van der Waals surface area contributed by atoms with E-state index in [2.05, 4.69) is 147 Å². The molecule has 0 spiro atoms. The summed E-state index contributed by atoms with van der Waals surface area (Å²) in [5.74, 6) is 0. The molecule has 0 N–H and O–H groups in total. The third kappa shape index (κ3) is 3.89. The van der Waals surface area contributed by atoms with Gasteiger partial charge in [-0.1, -0.05) is 84.9 Å². The van der Waals surface area contributed by atoms with Crippen LogP contribution in [0.5, 0.6) is 0 Å². The van der Waals surface area contributed by atoms with Gasteiger partial charge in [0, 0.05) is 39.6 Å². The molecule has 3 heteroatoms. The number of hydrogen-bond donors (Lipinski definition) is 0. The molecule has 0 fully saturated rings. The van der Waals surface area contributed by atoms with Crippen LogP contribution in [-0.2, 0) is 0 Å². The lowest BCUT2D eigenvalue weighted by atomic mass is 10.3. The van der Waals surface area contributed by atoms with Crippen LogP contribution >= 0.6 is 0 Å². The van der Waals surface area contributed by atoms with Gasteiger partial charge in [0.15, 0.2) is 8.07 Å². The predicted octanol–water partition coefficient (Wildman–Crippen LogP) is 3.20. The number of nitrogens with zero attached hydrogens (tertiary/aromatic N) is 2. The highest BCUT2D eigenvalue weighted by atomic mass is 28.3. The van der Waals surface area contributed by atoms with Crippen molar-refractivity contribution in [3.05, 3.63) is 109 Å². The van der Waals surface area contributed by atoms with Crippen molar-refractivity contribution in [3.63, 3.8) is 0 Å². The van der Waals surface area contributed by atoms with Gasteiger partial charge in [-0.25, -0.2) is 0 Å². The normalized spacial score (nSPS) is 11.2. The Morgan fingerprint density at radius 3 is 0.968 bits per heavy atom. The Balaban J connectivity index is 2.04. The molecule has 4 rings (SSSR count). The van der Waals surface area contributed by atoms with Crippen molar-refractivity contribution in [3.8, 4) is 0 Å². The highest BCUT2D eigenvalue weighted by molar-refractivity contribution is 7.19. The zero-order chi connectivity index (χ0) is 21.8. The van der Waals surface area contributed by atoms with E-state index in [0.717, 1.165) is 0 Å². The van der Waals surface area contributed by atoms with Crippen LogP contribution in [-0.4, -0.2) is 36.3 Å². The third-order valence-electron chi connectivity index (χ3n) is 6.05. The second-order valence-electron chi connectivity index (χ2n) is 8.36. The van der Waals surface area contributed by atoms with Gasteiger partial charge in [0.2, 0.25) is 0 Å². The lowest BCUT2D eigenvalue weighted by Gasteiger charge is -2.35. The Hall–Kier alpha value is -3.30. The average molecular weight is 423 g/mol. The molecule has 31 heavy (non-hydrogen) atoms. The van der Waals surface area contributed by atoms with E-state index in [1.54, 1.807) is 0 Å². The zero-order valence-electron chi connectivity index (χ0n) is 18.8. The molecule has 0 atom stereocenters. The van der Waals surface area contributed by atoms with Crippen LogP contribution in [0.1, 0.15) is 0 Å². The summed E-state index contributed by atoms with van der Waals surface area (Å²) in [5, 5.41) is 5.59. The van der Waals surface area contributed by atoms with E-state index in [4.69, 9.17) is 0 Å². The molecule has 0 aliphatic rings. The summed E-state index contributed by atoms with van der Waals surface area (Å²) in [5.41, 5.74) is 2.44. The van der Waals surface area contributed by atoms with Crippen LogP contribution in [0.2, 0.25) is 0 Å². The van der Waals surface area contributed by atoms with Gasteiger partial charge in [0.25, 0.3) is 0 Å². The fourth-order valence-electron chi connectivity index (χ4n) is 4.40. The molecule has 4 aromatic carbocycles. The minimum atomic E-state index is -2.45. The van der Waals surface area contributed by atoms with Crippen LogP contribution in [0, 0.1) is 0 Å². The minimum absolute atomic E-state index is 1.22. The second kappa shape index (κ2) is 8.82. The molecule has 0 radical (unpaired) electrons. The van der Waals surface area contributed by atoms with E-state index in [9.17, 15) is 0 Å². The molecule has 0 heterocycles. The molecule has 2 nitrogen and oxygen atoms in total. The van der Waals surface area contributed by atoms with E-state index in [-0.39, 0.29) is 0 Å². The predicted molar refractivity (Wildman–Crippen MR) is 139 cm³/mol. The highest BCUT2D eigenvalue weighted by Crippen LogP contribution is 2.15. The van der Waals surface area contributed by atoms with Crippen molar-refractivity contribution in [2.45, 2.75) is 0 Å². The van der Waals surface area contributed by atoms with Crippen LogP contribution in [0.15, 0.2) is 109 Å². The number of rotatable bonds is 6. The first-order chi connectivity index (χ1) is 15.0. The van der Waals surface area contributed by atoms with Crippen molar-refractivity contribution >= 4 is 40.2 Å². The molecule has 0 saturated heterocycles. The maximum absolute atomic E-state index is 2.45. The first-order valence-electron chi connectivity index (χ1n) is 10.7. The maximum Gasteiger partial charge on any atom is 0.179 e. The Labute approximate surface area is 187 Å². The van der Waals surface area contributed by atoms with Gasteiger partial charge in [-0.15, -0.1) is 0 Å². The van der Waals surface area contributed by atoms with Crippen molar-refractivity contribution in [2.24, 2.45) is 0 Å². The quantitative estimate of drug-likeness (QED) is 0.348. The molecule has 0 aliphatic heterocycles. The van der Waals surface area contributed by atoms with Crippen LogP contribution < -0.4 is 30.5 Å². The van der Waals surface area contributed by atoms with Crippen molar-refractivity contribution in [1.29, 1.82) is 0 Å². The molecule has 0 aliphatic carbocycles. The maximum atomic E-state index is 2.33. The fraction of sp³-hybridized carbons (Fsp3) is 0.143. The molecule has 156 valence electrons. The van der Waals surface area contributed by atoms with Gasteiger partial charge >= 0.3 is 0 Å². The second-order valence-corrected chi connectivity index (χ2v) is 12.2. The summed E-state index contributed by atoms with van der Waals surface area (Å²) < 4.78 is 0. The molecule has 0 unspecified atom stereocenters. The number of anilines is 2. The van der Waals surface area contributed by atoms with E-state index in [1.807, 2.05) is 0 Å². The Kier molecular flexibility index (Phi) is 5.96. The van der Waals surface area contributed by atoms with E-state index in [0.29, 0.717) is 0 Å². The average Bonchev–Trinajstić information content (AvgIpc) is 2.82. The van der Waals surface area contributed by atoms with Crippen molar-refractivity contribution < 1.29 is 0 Å². The number of hydrogen-bond acceptors (Lipinski definition) is 2. The lowest BCUT2D eigenvalue weighted by Crippen LogP contribution is -2.74. The van der Waals surface area contributed by atoms with E-state index >= 15 is 0 Å². The van der Waals surface area contributed by atoms with Crippen LogP contribution in [0.3, 0.4) is 0 Å². The third-order valence-corrected chi connectivity index (χ3v) is 10.8. The summed E-state index contributed by atoms with van der Waals surface area (Å²) in [6.07, 6.45) is 0. The summed E-state index contributed by atoms with van der Waals surface area (Å²) in [4.78, 5) is 4.31. The molecule has 4 aromatic rings. The summed E-state index contributed by atoms with van der Waals surface area (Å²) >= 11 is 0. The van der Waals surface area contributed by atoms with Gasteiger partial charge in [-0.2, -0.15) is 0 Å². The van der Waals surface area contributed by atoms with E-state index < -0.39 is 8.07 Å². The summed E-state index contributed by atoms with van der Waals surface area (Å²) in [7, 11) is 5.91. The standard InChI is InChI=1S/C28H30N2Si/c1-29(2)23-15-19-27(20-16-23)31(25-11-7-5-8-12-25,26-13-9-6-10-14-26)28-21-17-24(18-22-28)30(3)4/h5-22H,1-4H3. The van der Waals surface area contributed by atoms with Gasteiger partial charge in [-0.05, 0) is 45.0 Å². The smallest absolute Gasteiger partial charge is 0.179 e. The monoisotopic (exact) mass is 422 g/mol. The molecule has 0 bridgehead atoms. The van der Waals surface area contributed by atoms with Gasteiger partial charge < -0.3 is 9.80 Å². The number of benzene rings is 4. The van der Waals surface area contributed by atoms with Gasteiger partial charge in [0.05, 0.1) is 0 Å². The summed E-state index contributed by atoms with van der Waals surface area (Å²) in [6.45, 7) is 0. The highest BCUT2D eigenvalue weighted by Gasteiger charge is 2.41. The zero-order valence-corrected chi connectivity index (χ0v) is 19.8. The molecule has 0 aromatic heterocycles. The summed E-state index contributed by atoms with van der Waals surface area (Å²) in [6, 6.07) is 40.4. The first-order valence-corrected chi connectivity index (χ1v) is 12.7. The Morgan fingerprint density at radius 1 is 0.387 bits per heavy atom. The van der Waals surface area contributed by atoms with Crippen LogP contribution in [0.25, 0.3) is 0 Å². The molecule has 0 amide bonds. The van der Waals surface area contributed by atoms with E-state index in [1.165, 1.54) is 32.1 Å². The first kappa shape index (κ1) is 20.9. The molecular formula is C28H30N2Si. The topological polar surface area (TPSA) is 6.48 Å². The van der Waals surface area contributed by atoms with Crippen LogP contribution in [0.4, 0.5) is 11.4 Å². The minimum Gasteiger partial charge on any atom is -0.378 e. The largest absolute Gasteiger partial charge is 0.378 e. The molecule has 0 saturated carbocycles. The Bertz CT molecular complexity index is 1010. The van der Waals surface area contributed by atoms with Gasteiger partial charge in [-0.3, -0.25) is 0 Å². The fourth-order valence-corrected chi connectivity index (χ4v) is 9.11. The SMILES string of the molecule is CN(C)c1ccc([Si](c2ccccc2)(c2ccccc2)c2ccc(N(C)C)cc2)cc1.